The Balaban J connectivity index is 1.95. The number of hydrogen-bond acceptors (Lipinski definition) is 4. The summed E-state index contributed by atoms with van der Waals surface area (Å²) in [5, 5.41) is 3.32. The highest BCUT2D eigenvalue weighted by Crippen LogP contribution is 2.31. The zero-order valence-corrected chi connectivity index (χ0v) is 12.3. The van der Waals surface area contributed by atoms with Gasteiger partial charge in [0, 0.05) is 22.8 Å². The molecule has 1 aliphatic heterocycles. The van der Waals surface area contributed by atoms with Crippen LogP contribution in [-0.4, -0.2) is 35.8 Å². The van der Waals surface area contributed by atoms with Gasteiger partial charge in [-0.3, -0.25) is 4.21 Å². The Morgan fingerprint density at radius 2 is 2.05 bits per heavy atom. The van der Waals surface area contributed by atoms with Crippen molar-refractivity contribution in [3.63, 3.8) is 0 Å². The van der Waals surface area contributed by atoms with Crippen molar-refractivity contribution in [2.75, 3.05) is 25.5 Å². The average Bonchev–Trinajstić information content (AvgIpc) is 2.44. The minimum atomic E-state index is -0.981. The van der Waals surface area contributed by atoms with E-state index in [1.165, 1.54) is 0 Å². The largest absolute Gasteiger partial charge is 0.486 e. The predicted molar refractivity (Wildman–Crippen MR) is 76.5 cm³/mol. The molecule has 106 valence electrons. The van der Waals surface area contributed by atoms with E-state index in [9.17, 15) is 4.21 Å². The molecule has 5 heteroatoms. The molecule has 1 heterocycles. The lowest BCUT2D eigenvalue weighted by molar-refractivity contribution is 0.171. The maximum Gasteiger partial charge on any atom is 0.162 e. The Kier molecular flexibility index (Phi) is 5.22. The molecular formula is C14H21NO3S. The van der Waals surface area contributed by atoms with Crippen molar-refractivity contribution in [3.05, 3.63) is 18.2 Å². The topological polar surface area (TPSA) is 47.6 Å². The van der Waals surface area contributed by atoms with Crippen LogP contribution in [0.15, 0.2) is 23.1 Å². The quantitative estimate of drug-likeness (QED) is 0.867. The summed E-state index contributed by atoms with van der Waals surface area (Å²) in [6, 6.07) is 5.94. The molecule has 0 aliphatic carbocycles. The Morgan fingerprint density at radius 3 is 2.79 bits per heavy atom. The third-order valence-electron chi connectivity index (χ3n) is 3.07. The van der Waals surface area contributed by atoms with Crippen molar-refractivity contribution in [2.24, 2.45) is 0 Å². The van der Waals surface area contributed by atoms with E-state index in [-0.39, 0.29) is 0 Å². The van der Waals surface area contributed by atoms with E-state index in [0.29, 0.717) is 30.8 Å². The van der Waals surface area contributed by atoms with Crippen LogP contribution in [0.1, 0.15) is 20.3 Å². The van der Waals surface area contributed by atoms with E-state index in [2.05, 4.69) is 19.2 Å². The van der Waals surface area contributed by atoms with Crippen molar-refractivity contribution >= 4 is 10.8 Å². The summed E-state index contributed by atoms with van der Waals surface area (Å²) in [6.07, 6.45) is 0.898. The van der Waals surface area contributed by atoms with Gasteiger partial charge in [0.15, 0.2) is 11.5 Å². The number of rotatable bonds is 6. The minimum Gasteiger partial charge on any atom is -0.486 e. The molecule has 0 fully saturated rings. The molecule has 2 rings (SSSR count). The van der Waals surface area contributed by atoms with E-state index in [0.717, 1.165) is 23.6 Å². The zero-order valence-electron chi connectivity index (χ0n) is 11.5. The molecule has 0 amide bonds. The molecule has 0 saturated heterocycles. The van der Waals surface area contributed by atoms with Crippen molar-refractivity contribution in [3.8, 4) is 11.5 Å². The van der Waals surface area contributed by atoms with E-state index >= 15 is 0 Å². The van der Waals surface area contributed by atoms with Gasteiger partial charge in [0.1, 0.15) is 13.2 Å². The SMILES string of the molecule is CCNC(C)CCS(=O)c1ccc2c(c1)OCCO2. The molecule has 0 radical (unpaired) electrons. The maximum absolute atomic E-state index is 12.2. The van der Waals surface area contributed by atoms with Gasteiger partial charge in [-0.1, -0.05) is 6.92 Å². The van der Waals surface area contributed by atoms with Gasteiger partial charge in [-0.15, -0.1) is 0 Å². The molecule has 0 aromatic heterocycles. The van der Waals surface area contributed by atoms with Crippen LogP contribution >= 0.6 is 0 Å². The van der Waals surface area contributed by atoms with Gasteiger partial charge < -0.3 is 14.8 Å². The molecular weight excluding hydrogens is 262 g/mol. The Morgan fingerprint density at radius 1 is 1.32 bits per heavy atom. The summed E-state index contributed by atoms with van der Waals surface area (Å²) in [6.45, 7) is 6.27. The molecule has 2 atom stereocenters. The molecule has 0 spiro atoms. The Labute approximate surface area is 116 Å². The number of nitrogens with one attached hydrogen (secondary N) is 1. The molecule has 4 nitrogen and oxygen atoms in total. The van der Waals surface area contributed by atoms with Crippen LogP contribution in [0.2, 0.25) is 0 Å². The van der Waals surface area contributed by atoms with Gasteiger partial charge in [0.05, 0.1) is 10.8 Å². The normalized spacial score (nSPS) is 16.9. The van der Waals surface area contributed by atoms with E-state index < -0.39 is 10.8 Å². The third kappa shape index (κ3) is 3.94. The second-order valence-electron chi connectivity index (χ2n) is 4.60. The molecule has 2 unspecified atom stereocenters. The Bertz CT molecular complexity index is 450. The predicted octanol–water partition coefficient (Wildman–Crippen LogP) is 1.95. The first-order valence-electron chi connectivity index (χ1n) is 6.72. The summed E-state index contributed by atoms with van der Waals surface area (Å²) >= 11 is 0. The monoisotopic (exact) mass is 283 g/mol. The smallest absolute Gasteiger partial charge is 0.162 e. The van der Waals surface area contributed by atoms with Gasteiger partial charge in [0.2, 0.25) is 0 Å². The van der Waals surface area contributed by atoms with E-state index in [1.54, 1.807) is 0 Å². The van der Waals surface area contributed by atoms with Crippen LogP contribution in [0.4, 0.5) is 0 Å². The first-order chi connectivity index (χ1) is 9.20. The summed E-state index contributed by atoms with van der Waals surface area (Å²) in [5.41, 5.74) is 0. The van der Waals surface area contributed by atoms with Gasteiger partial charge in [-0.25, -0.2) is 0 Å². The number of ether oxygens (including phenoxy) is 2. The highest BCUT2D eigenvalue weighted by molar-refractivity contribution is 7.85. The fraction of sp³-hybridized carbons (Fsp3) is 0.571. The minimum absolute atomic E-state index is 0.395. The average molecular weight is 283 g/mol. The van der Waals surface area contributed by atoms with Crippen LogP contribution in [-0.2, 0) is 10.8 Å². The van der Waals surface area contributed by atoms with Crippen LogP contribution < -0.4 is 14.8 Å². The number of fused-ring (bicyclic) bond motifs is 1. The molecule has 1 aromatic carbocycles. The molecule has 0 bridgehead atoms. The number of hydrogen-bond donors (Lipinski definition) is 1. The summed E-state index contributed by atoms with van der Waals surface area (Å²) < 4.78 is 23.2. The number of benzene rings is 1. The molecule has 0 saturated carbocycles. The van der Waals surface area contributed by atoms with Crippen molar-refractivity contribution in [1.29, 1.82) is 0 Å². The van der Waals surface area contributed by atoms with Gasteiger partial charge in [0.25, 0.3) is 0 Å². The summed E-state index contributed by atoms with van der Waals surface area (Å²) in [4.78, 5) is 0.813. The van der Waals surface area contributed by atoms with Crippen LogP contribution in [0.3, 0.4) is 0 Å². The van der Waals surface area contributed by atoms with Crippen LogP contribution in [0, 0.1) is 0 Å². The van der Waals surface area contributed by atoms with Crippen molar-refractivity contribution in [1.82, 2.24) is 5.32 Å². The third-order valence-corrected chi connectivity index (χ3v) is 4.45. The molecule has 1 N–H and O–H groups in total. The lowest BCUT2D eigenvalue weighted by atomic mass is 10.3. The first-order valence-corrected chi connectivity index (χ1v) is 8.04. The van der Waals surface area contributed by atoms with Crippen LogP contribution in [0.5, 0.6) is 11.5 Å². The van der Waals surface area contributed by atoms with E-state index in [4.69, 9.17) is 9.47 Å². The van der Waals surface area contributed by atoms with Gasteiger partial charge in [-0.05, 0) is 32.0 Å². The first kappa shape index (κ1) is 14.3. The summed E-state index contributed by atoms with van der Waals surface area (Å²) in [7, 11) is -0.981. The zero-order chi connectivity index (χ0) is 13.7. The highest BCUT2D eigenvalue weighted by Gasteiger charge is 2.14. The highest BCUT2D eigenvalue weighted by atomic mass is 32.2. The van der Waals surface area contributed by atoms with Crippen LogP contribution in [0.25, 0.3) is 0 Å². The molecule has 1 aromatic rings. The maximum atomic E-state index is 12.2. The second-order valence-corrected chi connectivity index (χ2v) is 6.17. The van der Waals surface area contributed by atoms with Crippen molar-refractivity contribution in [2.45, 2.75) is 31.2 Å². The lowest BCUT2D eigenvalue weighted by Gasteiger charge is -2.19. The lowest BCUT2D eigenvalue weighted by Crippen LogP contribution is -2.27. The fourth-order valence-electron chi connectivity index (χ4n) is 2.02. The van der Waals surface area contributed by atoms with Crippen molar-refractivity contribution < 1.29 is 13.7 Å². The van der Waals surface area contributed by atoms with Gasteiger partial charge in [-0.2, -0.15) is 0 Å². The van der Waals surface area contributed by atoms with Gasteiger partial charge >= 0.3 is 0 Å². The molecule has 1 aliphatic rings. The summed E-state index contributed by atoms with van der Waals surface area (Å²) in [5.74, 6) is 2.11. The second kappa shape index (κ2) is 6.91. The standard InChI is InChI=1S/C14H21NO3S/c1-3-15-11(2)6-9-19(16)12-4-5-13-14(10-12)18-8-7-17-13/h4-5,10-11,15H,3,6-9H2,1-2H3. The van der Waals surface area contributed by atoms with E-state index in [1.807, 2.05) is 18.2 Å². The molecule has 19 heavy (non-hydrogen) atoms. The fourth-order valence-corrected chi connectivity index (χ4v) is 3.28. The Hall–Kier alpha value is -1.07.